The van der Waals surface area contributed by atoms with Crippen LogP contribution in [0, 0.1) is 0 Å². The quantitative estimate of drug-likeness (QED) is 0.844. The molecule has 5 nitrogen and oxygen atoms in total. The first-order chi connectivity index (χ1) is 9.50. The van der Waals surface area contributed by atoms with Crippen LogP contribution in [0.4, 0.5) is 0 Å². The molecule has 22 heavy (non-hydrogen) atoms. The fourth-order valence-corrected chi connectivity index (χ4v) is 3.63. The van der Waals surface area contributed by atoms with Gasteiger partial charge in [-0.3, -0.25) is 4.98 Å². The Kier molecular flexibility index (Phi) is 8.88. The van der Waals surface area contributed by atoms with Gasteiger partial charge in [-0.25, -0.2) is 8.42 Å². The highest BCUT2D eigenvalue weighted by molar-refractivity contribution is 7.90. The van der Waals surface area contributed by atoms with E-state index in [1.165, 1.54) is 7.11 Å². The Morgan fingerprint density at radius 3 is 2.64 bits per heavy atom. The first kappa shape index (κ1) is 21.1. The molecule has 1 atom stereocenters. The predicted octanol–water partition coefficient (Wildman–Crippen LogP) is 1.97. The fraction of sp³-hybridized carbons (Fsp3) is 0.357. The molecule has 1 heterocycles. The number of pyridine rings is 1. The molecular formula is C14H20Cl2N2O3S. The van der Waals surface area contributed by atoms with E-state index in [-0.39, 0.29) is 42.9 Å². The molecular weight excluding hydrogens is 347 g/mol. The second-order valence-electron chi connectivity index (χ2n) is 4.81. The summed E-state index contributed by atoms with van der Waals surface area (Å²) < 4.78 is 29.0. The lowest BCUT2D eigenvalue weighted by Gasteiger charge is -2.11. The summed E-state index contributed by atoms with van der Waals surface area (Å²) in [7, 11) is -1.77. The average Bonchev–Trinajstić information content (AvgIpc) is 2.37. The van der Waals surface area contributed by atoms with Crippen LogP contribution in [0.2, 0.25) is 0 Å². The van der Waals surface area contributed by atoms with E-state index in [9.17, 15) is 8.42 Å². The van der Waals surface area contributed by atoms with E-state index in [4.69, 9.17) is 10.5 Å². The molecule has 2 rings (SSSR count). The van der Waals surface area contributed by atoms with Gasteiger partial charge >= 0.3 is 0 Å². The van der Waals surface area contributed by atoms with Crippen LogP contribution in [0.5, 0.6) is 0 Å². The number of rotatable bonds is 6. The van der Waals surface area contributed by atoms with Crippen LogP contribution in [0.1, 0.15) is 5.56 Å². The monoisotopic (exact) mass is 366 g/mol. The van der Waals surface area contributed by atoms with Gasteiger partial charge in [0.25, 0.3) is 0 Å². The van der Waals surface area contributed by atoms with Gasteiger partial charge in [-0.2, -0.15) is 0 Å². The third-order valence-corrected chi connectivity index (χ3v) is 4.59. The Morgan fingerprint density at radius 1 is 1.27 bits per heavy atom. The molecule has 0 amide bonds. The topological polar surface area (TPSA) is 82.3 Å². The highest BCUT2D eigenvalue weighted by Crippen LogP contribution is 2.15. The molecule has 0 spiro atoms. The summed E-state index contributed by atoms with van der Waals surface area (Å²) in [6, 6.07) is 8.95. The van der Waals surface area contributed by atoms with Gasteiger partial charge in [0, 0.05) is 24.7 Å². The number of aromatic nitrogens is 1. The highest BCUT2D eigenvalue weighted by atomic mass is 35.5. The smallest absolute Gasteiger partial charge is 0.156 e. The van der Waals surface area contributed by atoms with Gasteiger partial charge in [0.05, 0.1) is 23.6 Å². The lowest BCUT2D eigenvalue weighted by Crippen LogP contribution is -2.34. The molecule has 124 valence electrons. The number of benzene rings is 1. The first-order valence-electron chi connectivity index (χ1n) is 6.29. The maximum atomic E-state index is 12.1. The molecule has 2 aromatic rings. The van der Waals surface area contributed by atoms with Gasteiger partial charge < -0.3 is 10.5 Å². The number of halogens is 2. The molecule has 0 bridgehead atoms. The third kappa shape index (κ3) is 6.06. The summed E-state index contributed by atoms with van der Waals surface area (Å²) in [6.45, 7) is 0.231. The number of fused-ring (bicyclic) bond motifs is 1. The molecule has 0 aliphatic carbocycles. The minimum Gasteiger partial charge on any atom is -0.383 e. The maximum Gasteiger partial charge on any atom is 0.156 e. The van der Waals surface area contributed by atoms with E-state index < -0.39 is 15.9 Å². The minimum absolute atomic E-state index is 0. The zero-order valence-electron chi connectivity index (χ0n) is 12.1. The van der Waals surface area contributed by atoms with E-state index in [2.05, 4.69) is 4.98 Å². The number of sulfone groups is 1. The Hall–Kier alpha value is -0.920. The Balaban J connectivity index is 0.00000220. The molecule has 0 radical (unpaired) electrons. The number of nitrogens with zero attached hydrogens (tertiary/aromatic N) is 1. The lowest BCUT2D eigenvalue weighted by molar-refractivity contribution is 0.186. The summed E-state index contributed by atoms with van der Waals surface area (Å²) in [5, 5.41) is 0.932. The van der Waals surface area contributed by atoms with Gasteiger partial charge in [0.1, 0.15) is 0 Å². The van der Waals surface area contributed by atoms with Crippen LogP contribution in [0.15, 0.2) is 36.5 Å². The maximum absolute atomic E-state index is 12.1. The molecule has 0 aliphatic heterocycles. The lowest BCUT2D eigenvalue weighted by atomic mass is 10.2. The highest BCUT2D eigenvalue weighted by Gasteiger charge is 2.17. The zero-order chi connectivity index (χ0) is 14.6. The molecule has 1 unspecified atom stereocenters. The molecule has 1 aromatic heterocycles. The first-order valence-corrected chi connectivity index (χ1v) is 8.11. The standard InChI is InChI=1S/C14H18N2O3S.2ClH/c1-19-8-13(15)10-20(17,18)9-11-6-12-4-2-3-5-14(12)16-7-11;;/h2-7,13H,8-10,15H2,1H3;2*1H. The largest absolute Gasteiger partial charge is 0.383 e. The van der Waals surface area contributed by atoms with E-state index in [0.717, 1.165) is 10.9 Å². The van der Waals surface area contributed by atoms with Crippen molar-refractivity contribution in [2.24, 2.45) is 5.73 Å². The number of para-hydroxylation sites is 1. The average molecular weight is 367 g/mol. The van der Waals surface area contributed by atoms with Crippen molar-refractivity contribution in [3.05, 3.63) is 42.1 Å². The van der Waals surface area contributed by atoms with E-state index in [0.29, 0.717) is 5.56 Å². The van der Waals surface area contributed by atoms with Crippen LogP contribution >= 0.6 is 24.8 Å². The van der Waals surface area contributed by atoms with Crippen molar-refractivity contribution in [1.29, 1.82) is 0 Å². The van der Waals surface area contributed by atoms with Crippen molar-refractivity contribution < 1.29 is 13.2 Å². The Bertz CT molecular complexity index is 695. The summed E-state index contributed by atoms with van der Waals surface area (Å²) >= 11 is 0. The zero-order valence-corrected chi connectivity index (χ0v) is 14.6. The molecule has 0 saturated heterocycles. The summed E-state index contributed by atoms with van der Waals surface area (Å²) in [4.78, 5) is 4.26. The number of nitrogens with two attached hydrogens (primary N) is 1. The second-order valence-corrected chi connectivity index (χ2v) is 6.92. The molecule has 0 aliphatic rings. The molecule has 0 saturated carbocycles. The van der Waals surface area contributed by atoms with Crippen molar-refractivity contribution in [1.82, 2.24) is 4.98 Å². The van der Waals surface area contributed by atoms with E-state index in [1.54, 1.807) is 6.20 Å². The summed E-state index contributed by atoms with van der Waals surface area (Å²) in [6.07, 6.45) is 1.60. The predicted molar refractivity (Wildman–Crippen MR) is 93.6 cm³/mol. The van der Waals surface area contributed by atoms with E-state index in [1.807, 2.05) is 30.3 Å². The van der Waals surface area contributed by atoms with Crippen molar-refractivity contribution in [2.75, 3.05) is 19.5 Å². The van der Waals surface area contributed by atoms with Gasteiger partial charge in [-0.15, -0.1) is 24.8 Å². The summed E-state index contributed by atoms with van der Waals surface area (Å²) in [5.74, 6) is -0.143. The van der Waals surface area contributed by atoms with Crippen molar-refractivity contribution in [3.63, 3.8) is 0 Å². The number of ether oxygens (including phenoxy) is 1. The van der Waals surface area contributed by atoms with Crippen LogP contribution in [-0.2, 0) is 20.3 Å². The molecule has 1 aromatic carbocycles. The van der Waals surface area contributed by atoms with Crippen LogP contribution in [0.25, 0.3) is 10.9 Å². The SMILES string of the molecule is COCC(N)CS(=O)(=O)Cc1cnc2ccccc2c1.Cl.Cl. The van der Waals surface area contributed by atoms with Crippen LogP contribution in [0.3, 0.4) is 0 Å². The van der Waals surface area contributed by atoms with Crippen LogP contribution < -0.4 is 5.73 Å². The summed E-state index contributed by atoms with van der Waals surface area (Å²) in [5.41, 5.74) is 7.22. The number of methoxy groups -OCH3 is 1. The van der Waals surface area contributed by atoms with Crippen molar-refractivity contribution in [3.8, 4) is 0 Å². The third-order valence-electron chi connectivity index (χ3n) is 2.88. The molecule has 0 fully saturated rings. The van der Waals surface area contributed by atoms with Gasteiger partial charge in [-0.05, 0) is 17.7 Å². The fourth-order valence-electron chi connectivity index (χ4n) is 2.10. The van der Waals surface area contributed by atoms with Gasteiger partial charge in [-0.1, -0.05) is 18.2 Å². The number of hydrogen-bond donors (Lipinski definition) is 1. The van der Waals surface area contributed by atoms with Crippen LogP contribution in [-0.4, -0.2) is 38.9 Å². The second kappa shape index (κ2) is 9.27. The van der Waals surface area contributed by atoms with Crippen molar-refractivity contribution in [2.45, 2.75) is 11.8 Å². The Labute approximate surface area is 143 Å². The number of hydrogen-bond acceptors (Lipinski definition) is 5. The minimum atomic E-state index is -3.27. The molecule has 8 heteroatoms. The van der Waals surface area contributed by atoms with Gasteiger partial charge in [0.2, 0.25) is 0 Å². The normalized spacial score (nSPS) is 12.3. The van der Waals surface area contributed by atoms with E-state index >= 15 is 0 Å². The molecule has 2 N–H and O–H groups in total. The van der Waals surface area contributed by atoms with Gasteiger partial charge in [0.15, 0.2) is 9.84 Å². The Morgan fingerprint density at radius 2 is 1.95 bits per heavy atom. The van der Waals surface area contributed by atoms with Crippen molar-refractivity contribution >= 4 is 45.6 Å².